The molecule has 0 bridgehead atoms. The van der Waals surface area contributed by atoms with Gasteiger partial charge in [-0.25, -0.2) is 4.99 Å². The van der Waals surface area contributed by atoms with Gasteiger partial charge in [0.1, 0.15) is 5.84 Å². The minimum Gasteiger partial charge on any atom is -0.404 e. The molecule has 0 radical (unpaired) electrons. The molecule has 2 aliphatic rings. The third kappa shape index (κ3) is 3.23. The van der Waals surface area contributed by atoms with E-state index in [1.54, 1.807) is 12.3 Å². The Hall–Kier alpha value is -2.47. The predicted molar refractivity (Wildman–Crippen MR) is 87.4 cm³/mol. The van der Waals surface area contributed by atoms with Gasteiger partial charge in [0, 0.05) is 29.8 Å². The van der Waals surface area contributed by atoms with E-state index in [4.69, 9.17) is 5.73 Å². The van der Waals surface area contributed by atoms with Crippen molar-refractivity contribution in [3.05, 3.63) is 47.5 Å². The third-order valence-electron chi connectivity index (χ3n) is 3.33. The van der Waals surface area contributed by atoms with E-state index in [0.29, 0.717) is 29.2 Å². The highest BCUT2D eigenvalue weighted by Gasteiger charge is 2.26. The first-order chi connectivity index (χ1) is 10.4. The minimum absolute atomic E-state index is 0.0709. The van der Waals surface area contributed by atoms with Gasteiger partial charge in [0.05, 0.1) is 30.0 Å². The summed E-state index contributed by atoms with van der Waals surface area (Å²) in [6.45, 7) is 7.92. The molecule has 2 heterocycles. The molecule has 6 nitrogen and oxygen atoms in total. The van der Waals surface area contributed by atoms with Crippen molar-refractivity contribution in [2.24, 2.45) is 15.7 Å². The monoisotopic (exact) mass is 300 g/mol. The van der Waals surface area contributed by atoms with E-state index < -0.39 is 5.54 Å². The molecule has 0 atom stereocenters. The van der Waals surface area contributed by atoms with Crippen LogP contribution in [-0.4, -0.2) is 47.0 Å². The number of carbonyl (C=O) groups excluding carboxylic acids is 1. The summed E-state index contributed by atoms with van der Waals surface area (Å²) in [6.07, 6.45) is 7.38. The molecule has 0 aliphatic carbocycles. The lowest BCUT2D eigenvalue weighted by atomic mass is 10.0. The van der Waals surface area contributed by atoms with Crippen LogP contribution in [0.5, 0.6) is 0 Å². The second-order valence-electron chi connectivity index (χ2n) is 5.78. The zero-order valence-electron chi connectivity index (χ0n) is 12.8. The first kappa shape index (κ1) is 15.9. The van der Waals surface area contributed by atoms with Crippen molar-refractivity contribution in [1.82, 2.24) is 4.90 Å². The van der Waals surface area contributed by atoms with Crippen molar-refractivity contribution in [2.75, 3.05) is 13.2 Å². The van der Waals surface area contributed by atoms with E-state index in [2.05, 4.69) is 16.6 Å². The van der Waals surface area contributed by atoms with Crippen LogP contribution in [0.4, 0.5) is 0 Å². The van der Waals surface area contributed by atoms with E-state index in [9.17, 15) is 9.90 Å². The van der Waals surface area contributed by atoms with Crippen molar-refractivity contribution in [3.63, 3.8) is 0 Å². The van der Waals surface area contributed by atoms with Gasteiger partial charge in [-0.3, -0.25) is 9.79 Å². The van der Waals surface area contributed by atoms with Crippen molar-refractivity contribution in [3.8, 4) is 0 Å². The van der Waals surface area contributed by atoms with Gasteiger partial charge in [0.25, 0.3) is 0 Å². The number of aliphatic hydroxyl groups excluding tert-OH is 1. The first-order valence-electron chi connectivity index (χ1n) is 6.91. The quantitative estimate of drug-likeness (QED) is 0.583. The fraction of sp³-hybridized carbons (Fsp3) is 0.312. The van der Waals surface area contributed by atoms with E-state index in [1.807, 2.05) is 24.9 Å². The Morgan fingerprint density at radius 2 is 2.36 bits per heavy atom. The average molecular weight is 300 g/mol. The van der Waals surface area contributed by atoms with Gasteiger partial charge in [-0.1, -0.05) is 6.58 Å². The summed E-state index contributed by atoms with van der Waals surface area (Å²) in [6, 6.07) is 0. The van der Waals surface area contributed by atoms with Gasteiger partial charge in [0.2, 0.25) is 0 Å². The van der Waals surface area contributed by atoms with Gasteiger partial charge >= 0.3 is 0 Å². The summed E-state index contributed by atoms with van der Waals surface area (Å²) >= 11 is 0. The molecule has 0 amide bonds. The molecule has 116 valence electrons. The number of hydrogen-bond donors (Lipinski definition) is 2. The van der Waals surface area contributed by atoms with Crippen LogP contribution in [0.2, 0.25) is 0 Å². The average Bonchev–Trinajstić information content (AvgIpc) is 2.87. The molecule has 0 saturated carbocycles. The Morgan fingerprint density at radius 3 is 2.95 bits per heavy atom. The van der Waals surface area contributed by atoms with Gasteiger partial charge in [-0.15, -0.1) is 0 Å². The number of aliphatic hydroxyl groups is 1. The molecule has 2 aliphatic heterocycles. The summed E-state index contributed by atoms with van der Waals surface area (Å²) in [4.78, 5) is 21.7. The SMILES string of the molecule is C=C1CN2C=C(/C(C=NC(C)(C)CO)=C/N)C=C(C=O)C2=N1. The summed E-state index contributed by atoms with van der Waals surface area (Å²) in [5, 5.41) is 9.25. The Labute approximate surface area is 129 Å². The van der Waals surface area contributed by atoms with Gasteiger partial charge < -0.3 is 15.7 Å². The normalized spacial score (nSPS) is 19.0. The number of amidine groups is 1. The van der Waals surface area contributed by atoms with Crippen molar-refractivity contribution >= 4 is 18.3 Å². The van der Waals surface area contributed by atoms with E-state index >= 15 is 0 Å². The summed E-state index contributed by atoms with van der Waals surface area (Å²) in [7, 11) is 0. The lowest BCUT2D eigenvalue weighted by molar-refractivity contribution is -0.104. The number of hydrogen-bond acceptors (Lipinski definition) is 6. The molecular formula is C16H20N4O2. The van der Waals surface area contributed by atoms with E-state index in [0.717, 1.165) is 11.9 Å². The largest absolute Gasteiger partial charge is 0.404 e. The fourth-order valence-corrected chi connectivity index (χ4v) is 2.04. The van der Waals surface area contributed by atoms with Crippen LogP contribution >= 0.6 is 0 Å². The topological polar surface area (TPSA) is 91.3 Å². The van der Waals surface area contributed by atoms with Crippen LogP contribution in [0.3, 0.4) is 0 Å². The fourth-order valence-electron chi connectivity index (χ4n) is 2.04. The number of nitrogens with zero attached hydrogens (tertiary/aromatic N) is 3. The molecule has 3 N–H and O–H groups in total. The third-order valence-corrected chi connectivity index (χ3v) is 3.33. The highest BCUT2D eigenvalue weighted by atomic mass is 16.3. The summed E-state index contributed by atoms with van der Waals surface area (Å²) in [5.74, 6) is 0.604. The van der Waals surface area contributed by atoms with Crippen LogP contribution in [-0.2, 0) is 4.79 Å². The van der Waals surface area contributed by atoms with Crippen LogP contribution in [0.15, 0.2) is 57.5 Å². The molecule has 2 rings (SSSR count). The maximum Gasteiger partial charge on any atom is 0.153 e. The standard InChI is InChI=1S/C16H20N4O2/c1-11-7-20-8-12(4-13(9-21)15(20)19-11)14(5-17)6-18-16(2,3)10-22/h4-6,8-9,22H,1,7,10,17H2,2-3H3/b14-5+,18-6?. The molecule has 0 aromatic carbocycles. The number of nitrogens with two attached hydrogens (primary N) is 1. The number of aliphatic imine (C=N–C) groups is 2. The predicted octanol–water partition coefficient (Wildman–Crippen LogP) is 0.921. The first-order valence-corrected chi connectivity index (χ1v) is 6.91. The Balaban J connectivity index is 2.34. The second-order valence-corrected chi connectivity index (χ2v) is 5.78. The van der Waals surface area contributed by atoms with Gasteiger partial charge in [-0.05, 0) is 19.9 Å². The lowest BCUT2D eigenvalue weighted by Crippen LogP contribution is -2.28. The van der Waals surface area contributed by atoms with Crippen LogP contribution in [0, 0.1) is 0 Å². The molecule has 0 aromatic rings. The second kappa shape index (κ2) is 6.11. The molecule has 0 unspecified atom stereocenters. The summed E-state index contributed by atoms with van der Waals surface area (Å²) in [5.41, 5.74) is 7.70. The Morgan fingerprint density at radius 1 is 1.64 bits per heavy atom. The number of fused-ring (bicyclic) bond motifs is 1. The van der Waals surface area contributed by atoms with Crippen molar-refractivity contribution < 1.29 is 9.90 Å². The Bertz CT molecular complexity index is 651. The molecule has 0 spiro atoms. The maximum absolute atomic E-state index is 11.3. The molecule has 22 heavy (non-hydrogen) atoms. The zero-order valence-corrected chi connectivity index (χ0v) is 12.8. The highest BCUT2D eigenvalue weighted by Crippen LogP contribution is 2.25. The number of allylic oxidation sites excluding steroid dienone is 3. The number of aldehydes is 1. The smallest absolute Gasteiger partial charge is 0.153 e. The number of rotatable bonds is 5. The molecular weight excluding hydrogens is 280 g/mol. The van der Waals surface area contributed by atoms with Gasteiger partial charge in [-0.2, -0.15) is 0 Å². The number of carbonyl (C=O) groups is 1. The summed E-state index contributed by atoms with van der Waals surface area (Å²) < 4.78 is 0. The highest BCUT2D eigenvalue weighted by molar-refractivity contribution is 6.16. The minimum atomic E-state index is -0.588. The van der Waals surface area contributed by atoms with Crippen LogP contribution in [0.25, 0.3) is 0 Å². The molecule has 6 heteroatoms. The van der Waals surface area contributed by atoms with Crippen LogP contribution in [0.1, 0.15) is 13.8 Å². The molecule has 0 saturated heterocycles. The van der Waals surface area contributed by atoms with Crippen LogP contribution < -0.4 is 5.73 Å². The molecule has 0 aromatic heterocycles. The maximum atomic E-state index is 11.3. The van der Waals surface area contributed by atoms with Gasteiger partial charge in [0.15, 0.2) is 6.29 Å². The Kier molecular flexibility index (Phi) is 4.42. The van der Waals surface area contributed by atoms with E-state index in [-0.39, 0.29) is 6.61 Å². The van der Waals surface area contributed by atoms with E-state index in [1.165, 1.54) is 6.20 Å². The lowest BCUT2D eigenvalue weighted by Gasteiger charge is -2.22. The van der Waals surface area contributed by atoms with Crippen molar-refractivity contribution in [2.45, 2.75) is 19.4 Å². The zero-order chi connectivity index (χ0) is 16.3. The molecule has 0 fully saturated rings. The van der Waals surface area contributed by atoms with Crippen molar-refractivity contribution in [1.29, 1.82) is 0 Å².